The normalized spacial score (nSPS) is 11.3. The maximum atomic E-state index is 8.17. The van der Waals surface area contributed by atoms with Crippen LogP contribution in [0.25, 0.3) is 32.3 Å². The van der Waals surface area contributed by atoms with Gasteiger partial charge in [-0.05, 0) is 32.3 Å². The molecule has 22 heavy (non-hydrogen) atoms. The van der Waals surface area contributed by atoms with Crippen molar-refractivity contribution < 1.29 is 15.3 Å². The van der Waals surface area contributed by atoms with Gasteiger partial charge in [0, 0.05) is 0 Å². The Morgan fingerprint density at radius 2 is 0.909 bits per heavy atom. The van der Waals surface area contributed by atoms with E-state index in [0.717, 1.165) is 0 Å². The van der Waals surface area contributed by atoms with Crippen LogP contribution in [0.5, 0.6) is 0 Å². The van der Waals surface area contributed by atoms with E-state index in [4.69, 9.17) is 15.3 Å². The average molecular weight is 294 g/mol. The first-order valence-corrected chi connectivity index (χ1v) is 7.27. The fourth-order valence-electron chi connectivity index (χ4n) is 2.73. The highest BCUT2D eigenvalue weighted by Crippen LogP contribution is 2.33. The van der Waals surface area contributed by atoms with Gasteiger partial charge < -0.3 is 15.3 Å². The van der Waals surface area contributed by atoms with Gasteiger partial charge in [0.15, 0.2) is 0 Å². The lowest BCUT2D eigenvalue weighted by molar-refractivity contribution is 0.0450. The predicted octanol–water partition coefficient (Wildman–Crippen LogP) is 2.92. The predicted molar refractivity (Wildman–Crippen MR) is 90.3 cm³/mol. The zero-order valence-electron chi connectivity index (χ0n) is 12.1. The van der Waals surface area contributed by atoms with E-state index in [2.05, 4.69) is 60.7 Å². The molecule has 0 fully saturated rings. The van der Waals surface area contributed by atoms with E-state index in [0.29, 0.717) is 0 Å². The van der Waals surface area contributed by atoms with Crippen LogP contribution in [-0.2, 0) is 0 Å². The van der Waals surface area contributed by atoms with Crippen LogP contribution in [0.1, 0.15) is 0 Å². The first kappa shape index (κ1) is 14.7. The minimum absolute atomic E-state index is 0.365. The Morgan fingerprint density at radius 3 is 1.14 bits per heavy atom. The van der Waals surface area contributed by atoms with Crippen molar-refractivity contribution in [3.05, 3.63) is 60.7 Å². The van der Waals surface area contributed by atoms with E-state index in [-0.39, 0.29) is 13.2 Å². The summed E-state index contributed by atoms with van der Waals surface area (Å²) in [7, 11) is 0. The molecule has 0 saturated carbocycles. The molecule has 3 nitrogen and oxygen atoms in total. The second-order valence-electron chi connectivity index (χ2n) is 5.31. The number of rotatable bonds is 2. The second-order valence-corrected chi connectivity index (χ2v) is 5.31. The third-order valence-corrected chi connectivity index (χ3v) is 3.81. The van der Waals surface area contributed by atoms with E-state index >= 15 is 0 Å². The Kier molecular flexibility index (Phi) is 4.20. The molecule has 0 bridgehead atoms. The van der Waals surface area contributed by atoms with Crippen LogP contribution in [0.2, 0.25) is 0 Å². The molecule has 0 aliphatic heterocycles. The van der Waals surface area contributed by atoms with Crippen molar-refractivity contribution in [3.8, 4) is 0 Å². The first-order valence-electron chi connectivity index (χ1n) is 7.27. The molecule has 0 aliphatic carbocycles. The minimum atomic E-state index is -0.954. The van der Waals surface area contributed by atoms with Crippen molar-refractivity contribution in [2.75, 3.05) is 13.2 Å². The van der Waals surface area contributed by atoms with Crippen molar-refractivity contribution in [1.29, 1.82) is 0 Å². The Bertz CT molecular complexity index is 752. The van der Waals surface area contributed by atoms with Gasteiger partial charge in [-0.3, -0.25) is 0 Å². The van der Waals surface area contributed by atoms with Gasteiger partial charge in [-0.1, -0.05) is 60.7 Å². The van der Waals surface area contributed by atoms with E-state index in [1.807, 2.05) is 0 Å². The molecule has 0 unspecified atom stereocenters. The molecule has 0 spiro atoms. The highest BCUT2D eigenvalue weighted by molar-refractivity contribution is 6.22. The van der Waals surface area contributed by atoms with Gasteiger partial charge in [-0.25, -0.2) is 0 Å². The average Bonchev–Trinajstić information content (AvgIpc) is 2.59. The smallest absolute Gasteiger partial charge is 0.100 e. The fraction of sp³-hybridized carbons (Fsp3) is 0.158. The van der Waals surface area contributed by atoms with Crippen molar-refractivity contribution in [2.45, 2.75) is 6.10 Å². The fourth-order valence-corrected chi connectivity index (χ4v) is 2.73. The van der Waals surface area contributed by atoms with Gasteiger partial charge in [-0.2, -0.15) is 0 Å². The van der Waals surface area contributed by atoms with Crippen LogP contribution in [0.3, 0.4) is 0 Å². The van der Waals surface area contributed by atoms with Gasteiger partial charge in [0.2, 0.25) is 0 Å². The lowest BCUT2D eigenvalue weighted by Gasteiger charge is -2.09. The Labute approximate surface area is 128 Å². The van der Waals surface area contributed by atoms with Crippen LogP contribution in [-0.4, -0.2) is 34.6 Å². The zero-order chi connectivity index (χ0) is 15.5. The van der Waals surface area contributed by atoms with Crippen LogP contribution < -0.4 is 0 Å². The summed E-state index contributed by atoms with van der Waals surface area (Å²) in [6.07, 6.45) is -0.954. The van der Waals surface area contributed by atoms with Gasteiger partial charge in [-0.15, -0.1) is 0 Å². The molecule has 3 N–H and O–H groups in total. The molecule has 112 valence electrons. The highest BCUT2D eigenvalue weighted by atomic mass is 16.3. The topological polar surface area (TPSA) is 60.7 Å². The van der Waals surface area contributed by atoms with Crippen LogP contribution in [0.4, 0.5) is 0 Å². The quantitative estimate of drug-likeness (QED) is 0.498. The van der Waals surface area contributed by atoms with E-state index in [1.165, 1.54) is 32.3 Å². The molecular weight excluding hydrogens is 276 g/mol. The van der Waals surface area contributed by atoms with E-state index < -0.39 is 6.10 Å². The summed E-state index contributed by atoms with van der Waals surface area (Å²) < 4.78 is 0. The molecule has 0 heterocycles. The molecular formula is C19H18O3. The lowest BCUT2D eigenvalue weighted by Crippen LogP contribution is -2.15. The van der Waals surface area contributed by atoms with Crippen molar-refractivity contribution in [2.24, 2.45) is 0 Å². The Morgan fingerprint density at radius 1 is 0.591 bits per heavy atom. The van der Waals surface area contributed by atoms with Crippen LogP contribution in [0.15, 0.2) is 60.7 Å². The van der Waals surface area contributed by atoms with Gasteiger partial charge >= 0.3 is 0 Å². The maximum Gasteiger partial charge on any atom is 0.100 e. The summed E-state index contributed by atoms with van der Waals surface area (Å²) in [4.78, 5) is 0. The third-order valence-electron chi connectivity index (χ3n) is 3.81. The summed E-state index contributed by atoms with van der Waals surface area (Å²) in [5.74, 6) is 0. The minimum Gasteiger partial charge on any atom is -0.394 e. The van der Waals surface area contributed by atoms with Crippen molar-refractivity contribution in [3.63, 3.8) is 0 Å². The molecule has 0 atom stereocenters. The monoisotopic (exact) mass is 294 g/mol. The molecule has 4 aromatic carbocycles. The second kappa shape index (κ2) is 6.28. The lowest BCUT2D eigenvalue weighted by atomic mass is 9.95. The maximum absolute atomic E-state index is 8.17. The third kappa shape index (κ3) is 2.62. The van der Waals surface area contributed by atoms with Gasteiger partial charge in [0.1, 0.15) is 6.10 Å². The van der Waals surface area contributed by atoms with E-state index in [1.54, 1.807) is 0 Å². The number of benzene rings is 4. The standard InChI is InChI=1S/C16H10.C3H8O3/c1-3-11-7-9-13-5-2-6-14-10-8-12(4-1)15(11)16(13)14;4-1-3(6)2-5/h1-10H;3-6H,1-2H2. The molecule has 0 aromatic heterocycles. The molecule has 4 rings (SSSR count). The summed E-state index contributed by atoms with van der Waals surface area (Å²) in [6, 6.07) is 21.9. The number of aliphatic hydroxyl groups is 3. The SMILES string of the molecule is OCC(O)CO.c1cc2ccc3cccc4ccc(c1)c2c34. The summed E-state index contributed by atoms with van der Waals surface area (Å²) >= 11 is 0. The number of hydrogen-bond acceptors (Lipinski definition) is 3. The Balaban J connectivity index is 0.000000209. The highest BCUT2D eigenvalue weighted by Gasteiger charge is 2.05. The van der Waals surface area contributed by atoms with Crippen LogP contribution in [0, 0.1) is 0 Å². The molecule has 0 radical (unpaired) electrons. The van der Waals surface area contributed by atoms with E-state index in [9.17, 15) is 0 Å². The molecule has 0 amide bonds. The number of hydrogen-bond donors (Lipinski definition) is 3. The van der Waals surface area contributed by atoms with Crippen molar-refractivity contribution in [1.82, 2.24) is 0 Å². The largest absolute Gasteiger partial charge is 0.394 e. The number of aliphatic hydroxyl groups excluding tert-OH is 3. The van der Waals surface area contributed by atoms with Crippen molar-refractivity contribution >= 4 is 32.3 Å². The van der Waals surface area contributed by atoms with Crippen LogP contribution >= 0.6 is 0 Å². The molecule has 0 aliphatic rings. The summed E-state index contributed by atoms with van der Waals surface area (Å²) in [6.45, 7) is -0.729. The molecule has 3 heteroatoms. The van der Waals surface area contributed by atoms with Gasteiger partial charge in [0.05, 0.1) is 13.2 Å². The summed E-state index contributed by atoms with van der Waals surface area (Å²) in [5.41, 5.74) is 0. The molecule has 4 aromatic rings. The van der Waals surface area contributed by atoms with Gasteiger partial charge in [0.25, 0.3) is 0 Å². The molecule has 0 saturated heterocycles. The summed E-state index contributed by atoms with van der Waals surface area (Å²) in [5, 5.41) is 32.2. The Hall–Kier alpha value is -2.20. The zero-order valence-corrected chi connectivity index (χ0v) is 12.1. The first-order chi connectivity index (χ1) is 10.7.